The summed E-state index contributed by atoms with van der Waals surface area (Å²) in [5.74, 6) is 0. The molecule has 0 atom stereocenters. The minimum Gasteiger partial charge on any atom is -0.310 e. The molecule has 0 bridgehead atoms. The van der Waals surface area contributed by atoms with Crippen LogP contribution in [0.3, 0.4) is 0 Å². The lowest BCUT2D eigenvalue weighted by molar-refractivity contribution is 0.480. The first-order valence-electron chi connectivity index (χ1n) is 26.2. The Morgan fingerprint density at radius 3 is 1.06 bits per heavy atom. The van der Waals surface area contributed by atoms with Crippen molar-refractivity contribution >= 4 is 34.1 Å². The lowest BCUT2D eigenvalue weighted by Crippen LogP contribution is -2.28. The van der Waals surface area contributed by atoms with E-state index in [1.807, 2.05) is 0 Å². The van der Waals surface area contributed by atoms with E-state index in [0.29, 0.717) is 0 Å². The van der Waals surface area contributed by atoms with E-state index in [1.54, 1.807) is 0 Å². The molecule has 0 aliphatic heterocycles. The summed E-state index contributed by atoms with van der Waals surface area (Å²) in [5, 5.41) is 0. The van der Waals surface area contributed by atoms with E-state index < -0.39 is 5.41 Å². The molecule has 0 aromatic heterocycles. The molecule has 0 amide bonds. The Labute approximate surface area is 425 Å². The van der Waals surface area contributed by atoms with E-state index in [0.717, 1.165) is 72.6 Å². The van der Waals surface area contributed by atoms with Crippen LogP contribution in [0.5, 0.6) is 0 Å². The van der Waals surface area contributed by atoms with E-state index in [-0.39, 0.29) is 5.41 Å². The number of hydrogen-bond acceptors (Lipinski definition) is 2. The maximum Gasteiger partial charge on any atom is 0.0465 e. The van der Waals surface area contributed by atoms with Gasteiger partial charge in [0.2, 0.25) is 0 Å². The molecule has 0 unspecified atom stereocenters. The van der Waals surface area contributed by atoms with Crippen molar-refractivity contribution in [2.24, 2.45) is 0 Å². The number of rotatable bonds is 15. The molecular formula is C70H58N2. The van der Waals surface area contributed by atoms with Crippen LogP contribution in [0.25, 0.3) is 22.3 Å². The average Bonchev–Trinajstić information content (AvgIpc) is 3.88. The van der Waals surface area contributed by atoms with Gasteiger partial charge in [-0.1, -0.05) is 208 Å². The second-order valence-electron chi connectivity index (χ2n) is 20.1. The summed E-state index contributed by atoms with van der Waals surface area (Å²) in [7, 11) is 0. The summed E-state index contributed by atoms with van der Waals surface area (Å²) >= 11 is 0. The molecule has 0 saturated carbocycles. The predicted molar refractivity (Wildman–Crippen MR) is 301 cm³/mol. The Bertz CT molecular complexity index is 3270. The fourth-order valence-electron chi connectivity index (χ4n) is 13.0. The minimum atomic E-state index is -0.410. The highest BCUT2D eigenvalue weighted by molar-refractivity contribution is 5.90. The van der Waals surface area contributed by atoms with E-state index >= 15 is 0 Å². The predicted octanol–water partition coefficient (Wildman–Crippen LogP) is 18.4. The molecule has 3 aliphatic rings. The summed E-state index contributed by atoms with van der Waals surface area (Å²) < 4.78 is 0. The molecular weight excluding hydrogens is 869 g/mol. The maximum atomic E-state index is 2.56. The number of unbranched alkanes of at least 4 members (excludes halogenated alkanes) is 3. The zero-order chi connectivity index (χ0) is 47.9. The number of anilines is 6. The molecule has 0 saturated heterocycles. The van der Waals surface area contributed by atoms with Crippen LogP contribution in [0.1, 0.15) is 83.0 Å². The zero-order valence-electron chi connectivity index (χ0n) is 40.8. The molecule has 0 heterocycles. The quantitative estimate of drug-likeness (QED) is 0.0946. The molecule has 0 fully saturated rings. The first kappa shape index (κ1) is 43.8. The van der Waals surface area contributed by atoms with Gasteiger partial charge >= 0.3 is 0 Å². The smallest absolute Gasteiger partial charge is 0.0465 e. The Morgan fingerprint density at radius 1 is 0.264 bits per heavy atom. The van der Waals surface area contributed by atoms with E-state index in [1.165, 1.54) is 79.6 Å². The second-order valence-corrected chi connectivity index (χ2v) is 20.1. The maximum absolute atomic E-state index is 2.56. The molecule has 0 N–H and O–H groups in total. The highest BCUT2D eigenvalue weighted by Gasteiger charge is 2.46. The monoisotopic (exact) mass is 926 g/mol. The molecule has 0 spiro atoms. The summed E-state index contributed by atoms with van der Waals surface area (Å²) in [6.07, 6.45) is 9.00. The van der Waals surface area contributed by atoms with Gasteiger partial charge in [-0.3, -0.25) is 0 Å². The van der Waals surface area contributed by atoms with Gasteiger partial charge in [0.05, 0.1) is 0 Å². The second kappa shape index (κ2) is 18.5. The van der Waals surface area contributed by atoms with Crippen molar-refractivity contribution in [1.29, 1.82) is 0 Å². The van der Waals surface area contributed by atoms with Gasteiger partial charge in [-0.05, 0) is 165 Å². The first-order valence-corrected chi connectivity index (χ1v) is 26.2. The first-order chi connectivity index (χ1) is 35.7. The largest absolute Gasteiger partial charge is 0.310 e. The third-order valence-corrected chi connectivity index (χ3v) is 16.3. The Morgan fingerprint density at radius 2 is 0.639 bits per heavy atom. The fourth-order valence-corrected chi connectivity index (χ4v) is 13.0. The number of fused-ring (bicyclic) bond motifs is 7. The normalized spacial score (nSPS) is 14.0. The van der Waals surface area contributed by atoms with Crippen molar-refractivity contribution < 1.29 is 0 Å². The van der Waals surface area contributed by atoms with Crippen molar-refractivity contribution in [3.05, 3.63) is 299 Å². The highest BCUT2D eigenvalue weighted by Crippen LogP contribution is 2.59. The Kier molecular flexibility index (Phi) is 11.3. The Hall–Kier alpha value is -8.20. The van der Waals surface area contributed by atoms with Crippen LogP contribution in [-0.4, -0.2) is 0 Å². The molecule has 10 aromatic carbocycles. The summed E-state index contributed by atoms with van der Waals surface area (Å²) in [4.78, 5) is 4.84. The minimum absolute atomic E-state index is 0.161. The van der Waals surface area contributed by atoms with Crippen LogP contribution >= 0.6 is 0 Å². The van der Waals surface area contributed by atoms with Crippen LogP contribution in [0.2, 0.25) is 0 Å². The molecule has 2 nitrogen and oxygen atoms in total. The van der Waals surface area contributed by atoms with Gasteiger partial charge in [-0.15, -0.1) is 0 Å². The highest BCUT2D eigenvalue weighted by atomic mass is 15.1. The van der Waals surface area contributed by atoms with Crippen molar-refractivity contribution in [1.82, 2.24) is 0 Å². The van der Waals surface area contributed by atoms with Crippen LogP contribution < -0.4 is 9.80 Å². The van der Waals surface area contributed by atoms with Crippen molar-refractivity contribution in [3.8, 4) is 22.3 Å². The van der Waals surface area contributed by atoms with Gasteiger partial charge in [-0.2, -0.15) is 0 Å². The number of hydrogen-bond donors (Lipinski definition) is 0. The fraction of sp³-hybridized carbons (Fsp3) is 0.143. The molecule has 348 valence electrons. The van der Waals surface area contributed by atoms with E-state index in [2.05, 4.69) is 265 Å². The Balaban J connectivity index is 0.904. The van der Waals surface area contributed by atoms with Gasteiger partial charge in [0.1, 0.15) is 0 Å². The summed E-state index contributed by atoms with van der Waals surface area (Å²) in [6.45, 7) is 0. The molecule has 3 aliphatic carbocycles. The van der Waals surface area contributed by atoms with Gasteiger partial charge in [0.15, 0.2) is 0 Å². The topological polar surface area (TPSA) is 6.48 Å². The zero-order valence-corrected chi connectivity index (χ0v) is 40.8. The SMILES string of the molecule is c1ccc(N(c2ccccc2)c2ccc3c(c2)C(CCCCCCC2(c4ccc5c(c4)CC5)c4ccccc4-c4ccccc42)(c2ccccc2)c2cc(N(c4ccccc4)c4ccccc4)ccc2-3)cc1. The van der Waals surface area contributed by atoms with Crippen LogP contribution in [-0.2, 0) is 23.7 Å². The third kappa shape index (κ3) is 7.31. The van der Waals surface area contributed by atoms with Crippen molar-refractivity contribution in [2.45, 2.75) is 62.2 Å². The number of aryl methyl sites for hydroxylation is 2. The van der Waals surface area contributed by atoms with Gasteiger partial charge in [-0.25, -0.2) is 0 Å². The number of benzene rings is 10. The van der Waals surface area contributed by atoms with Crippen LogP contribution in [0.15, 0.2) is 255 Å². The van der Waals surface area contributed by atoms with Gasteiger partial charge in [0.25, 0.3) is 0 Å². The van der Waals surface area contributed by atoms with E-state index in [4.69, 9.17) is 0 Å². The average molecular weight is 927 g/mol. The molecule has 72 heavy (non-hydrogen) atoms. The van der Waals surface area contributed by atoms with Crippen LogP contribution in [0, 0.1) is 0 Å². The standard InChI is InChI=1S/C70H58N2/c1(2-23-47-70(54-41-40-51-38-39-52(51)48-54)65-36-20-18-34-61(65)62-35-19-21-37-66(62)70)22-46-69(53-24-8-3-9-25-53)67-49-59(71(55-26-10-4-11-27-55)56-28-12-5-13-29-56)42-44-63(67)64-45-43-60(50-68(64)69)72(57-30-14-6-15-31-57)58-32-16-7-17-33-58/h3-21,24-37,40-45,48-50H,1-2,22-23,38-39,46-47H2. The van der Waals surface area contributed by atoms with Gasteiger partial charge < -0.3 is 9.80 Å². The molecule has 10 aromatic rings. The third-order valence-electron chi connectivity index (χ3n) is 16.3. The number of para-hydroxylation sites is 4. The molecule has 2 heteroatoms. The lowest BCUT2D eigenvalue weighted by Gasteiger charge is -2.36. The number of nitrogens with zero attached hydrogens (tertiary/aromatic N) is 2. The molecule has 0 radical (unpaired) electrons. The lowest BCUT2D eigenvalue weighted by atomic mass is 9.67. The molecule has 13 rings (SSSR count). The van der Waals surface area contributed by atoms with E-state index in [9.17, 15) is 0 Å². The van der Waals surface area contributed by atoms with Crippen molar-refractivity contribution in [2.75, 3.05) is 9.80 Å². The summed E-state index contributed by atoms with van der Waals surface area (Å²) in [5.41, 5.74) is 23.3. The van der Waals surface area contributed by atoms with Crippen LogP contribution in [0.4, 0.5) is 34.1 Å². The van der Waals surface area contributed by atoms with Gasteiger partial charge in [0, 0.05) is 45.0 Å². The van der Waals surface area contributed by atoms with Crippen molar-refractivity contribution in [3.63, 3.8) is 0 Å². The summed E-state index contributed by atoms with van der Waals surface area (Å²) in [6, 6.07) is 95.4.